The van der Waals surface area contributed by atoms with Crippen LogP contribution in [0.4, 0.5) is 0 Å². The second-order valence-electron chi connectivity index (χ2n) is 3.05. The standard InChI is InChI=1S/C8H7Cl3N2O3/c1-3-4(2-5(14)15)6(16)13-7(12-3)8(9,10)11/h2H2,1H3,(H,14,15)(H,12,13,16). The molecule has 5 nitrogen and oxygen atoms in total. The molecule has 1 heterocycles. The van der Waals surface area contributed by atoms with E-state index < -0.39 is 21.7 Å². The first-order valence-electron chi connectivity index (χ1n) is 4.10. The number of hydrogen-bond donors (Lipinski definition) is 2. The van der Waals surface area contributed by atoms with Gasteiger partial charge in [-0.3, -0.25) is 9.59 Å². The normalized spacial score (nSPS) is 11.5. The molecular weight excluding hydrogens is 278 g/mol. The minimum atomic E-state index is -1.84. The first-order chi connectivity index (χ1) is 7.21. The molecule has 1 aromatic heterocycles. The van der Waals surface area contributed by atoms with E-state index in [1.165, 1.54) is 6.92 Å². The zero-order valence-electron chi connectivity index (χ0n) is 8.05. The lowest BCUT2D eigenvalue weighted by Gasteiger charge is -2.11. The van der Waals surface area contributed by atoms with Gasteiger partial charge in [-0.1, -0.05) is 34.8 Å². The third-order valence-corrected chi connectivity index (χ3v) is 2.36. The van der Waals surface area contributed by atoms with Crippen LogP contribution in [0.5, 0.6) is 0 Å². The molecule has 0 saturated carbocycles. The highest BCUT2D eigenvalue weighted by Gasteiger charge is 2.27. The van der Waals surface area contributed by atoms with Gasteiger partial charge < -0.3 is 10.1 Å². The molecule has 0 saturated heterocycles. The summed E-state index contributed by atoms with van der Waals surface area (Å²) in [4.78, 5) is 28.1. The largest absolute Gasteiger partial charge is 0.481 e. The summed E-state index contributed by atoms with van der Waals surface area (Å²) in [6, 6.07) is 0. The van der Waals surface area contributed by atoms with Crippen molar-refractivity contribution in [2.45, 2.75) is 17.1 Å². The highest BCUT2D eigenvalue weighted by molar-refractivity contribution is 6.66. The number of halogens is 3. The molecule has 8 heteroatoms. The van der Waals surface area contributed by atoms with Crippen LogP contribution in [-0.2, 0) is 15.0 Å². The van der Waals surface area contributed by atoms with Crippen LogP contribution in [0, 0.1) is 6.92 Å². The van der Waals surface area contributed by atoms with Gasteiger partial charge in [0.15, 0.2) is 5.82 Å². The molecule has 0 aliphatic rings. The third kappa shape index (κ3) is 3.10. The highest BCUT2D eigenvalue weighted by Crippen LogP contribution is 2.35. The monoisotopic (exact) mass is 284 g/mol. The Balaban J connectivity index is 3.29. The average Bonchev–Trinajstić information content (AvgIpc) is 2.09. The Morgan fingerprint density at radius 2 is 2.06 bits per heavy atom. The van der Waals surface area contributed by atoms with E-state index in [1.54, 1.807) is 0 Å². The molecule has 0 atom stereocenters. The molecule has 0 aromatic carbocycles. The van der Waals surface area contributed by atoms with Gasteiger partial charge in [-0.05, 0) is 6.92 Å². The van der Waals surface area contributed by atoms with Crippen molar-refractivity contribution in [3.05, 3.63) is 27.4 Å². The molecule has 0 fully saturated rings. The number of alkyl halides is 3. The Bertz CT molecular complexity index is 478. The minimum Gasteiger partial charge on any atom is -0.481 e. The van der Waals surface area contributed by atoms with E-state index in [0.717, 1.165) is 0 Å². The van der Waals surface area contributed by atoms with Crippen molar-refractivity contribution in [2.75, 3.05) is 0 Å². The fourth-order valence-electron chi connectivity index (χ4n) is 1.10. The predicted octanol–water partition coefficient (Wildman–Crippen LogP) is 1.53. The van der Waals surface area contributed by atoms with E-state index >= 15 is 0 Å². The number of carbonyl (C=O) groups is 1. The van der Waals surface area contributed by atoms with E-state index in [4.69, 9.17) is 39.9 Å². The van der Waals surface area contributed by atoms with E-state index in [-0.39, 0.29) is 17.1 Å². The molecule has 0 radical (unpaired) electrons. The first-order valence-corrected chi connectivity index (χ1v) is 5.24. The van der Waals surface area contributed by atoms with Gasteiger partial charge in [0.2, 0.25) is 3.79 Å². The maximum Gasteiger partial charge on any atom is 0.308 e. The average molecular weight is 286 g/mol. The van der Waals surface area contributed by atoms with Gasteiger partial charge in [0.25, 0.3) is 5.56 Å². The van der Waals surface area contributed by atoms with Crippen LogP contribution in [0.25, 0.3) is 0 Å². The van der Waals surface area contributed by atoms with Crippen molar-refractivity contribution in [1.29, 1.82) is 0 Å². The van der Waals surface area contributed by atoms with Gasteiger partial charge in [-0.15, -0.1) is 0 Å². The Hall–Kier alpha value is -0.780. The summed E-state index contributed by atoms with van der Waals surface area (Å²) in [5.74, 6) is -1.26. The molecule has 0 spiro atoms. The summed E-state index contributed by atoms with van der Waals surface area (Å²) in [6.07, 6.45) is -0.422. The van der Waals surface area contributed by atoms with Crippen LogP contribution in [-0.4, -0.2) is 21.0 Å². The summed E-state index contributed by atoms with van der Waals surface area (Å²) in [5, 5.41) is 8.59. The summed E-state index contributed by atoms with van der Waals surface area (Å²) < 4.78 is -1.84. The lowest BCUT2D eigenvalue weighted by molar-refractivity contribution is -0.136. The van der Waals surface area contributed by atoms with Crippen LogP contribution >= 0.6 is 34.8 Å². The highest BCUT2D eigenvalue weighted by atomic mass is 35.6. The van der Waals surface area contributed by atoms with Gasteiger partial charge in [-0.25, -0.2) is 4.98 Å². The van der Waals surface area contributed by atoms with Gasteiger partial charge in [0, 0.05) is 11.3 Å². The number of carboxylic acid groups (broad SMARTS) is 1. The molecule has 0 aliphatic carbocycles. The van der Waals surface area contributed by atoms with Crippen LogP contribution in [0.1, 0.15) is 17.1 Å². The van der Waals surface area contributed by atoms with Crippen molar-refractivity contribution in [3.63, 3.8) is 0 Å². The lowest BCUT2D eigenvalue weighted by atomic mass is 10.2. The van der Waals surface area contributed by atoms with Crippen LogP contribution in [0.2, 0.25) is 0 Å². The second-order valence-corrected chi connectivity index (χ2v) is 5.33. The molecule has 0 aliphatic heterocycles. The fourth-order valence-corrected chi connectivity index (χ4v) is 1.37. The topological polar surface area (TPSA) is 83.0 Å². The number of rotatable bonds is 2. The van der Waals surface area contributed by atoms with Crippen molar-refractivity contribution in [1.82, 2.24) is 9.97 Å². The van der Waals surface area contributed by atoms with E-state index in [1.807, 2.05) is 0 Å². The summed E-state index contributed by atoms with van der Waals surface area (Å²) in [5.41, 5.74) is -0.339. The second kappa shape index (κ2) is 4.61. The number of carboxylic acids is 1. The van der Waals surface area contributed by atoms with Crippen molar-refractivity contribution >= 4 is 40.8 Å². The minimum absolute atomic E-state index is 0.0468. The van der Waals surface area contributed by atoms with Gasteiger partial charge in [0.1, 0.15) is 0 Å². The smallest absolute Gasteiger partial charge is 0.308 e. The maximum absolute atomic E-state index is 11.5. The fraction of sp³-hybridized carbons (Fsp3) is 0.375. The Labute approximate surface area is 105 Å². The van der Waals surface area contributed by atoms with Gasteiger partial charge >= 0.3 is 5.97 Å². The molecular formula is C8H7Cl3N2O3. The van der Waals surface area contributed by atoms with Crippen LogP contribution < -0.4 is 5.56 Å². The molecule has 2 N–H and O–H groups in total. The Morgan fingerprint density at radius 1 is 1.50 bits per heavy atom. The zero-order chi connectivity index (χ0) is 12.5. The van der Waals surface area contributed by atoms with Crippen LogP contribution in [0.15, 0.2) is 4.79 Å². The molecule has 0 bridgehead atoms. The number of aromatic amines is 1. The van der Waals surface area contributed by atoms with Crippen molar-refractivity contribution in [2.24, 2.45) is 0 Å². The SMILES string of the molecule is Cc1nc(C(Cl)(Cl)Cl)[nH]c(=O)c1CC(=O)O. The van der Waals surface area contributed by atoms with Gasteiger partial charge in [-0.2, -0.15) is 0 Å². The lowest BCUT2D eigenvalue weighted by Crippen LogP contribution is -2.24. The van der Waals surface area contributed by atoms with Crippen molar-refractivity contribution < 1.29 is 9.90 Å². The van der Waals surface area contributed by atoms with Crippen molar-refractivity contribution in [3.8, 4) is 0 Å². The quantitative estimate of drug-likeness (QED) is 0.807. The number of hydrogen-bond acceptors (Lipinski definition) is 3. The number of nitrogens with zero attached hydrogens (tertiary/aromatic N) is 1. The predicted molar refractivity (Wildman–Crippen MR) is 60.2 cm³/mol. The molecule has 16 heavy (non-hydrogen) atoms. The van der Waals surface area contributed by atoms with Gasteiger partial charge in [0.05, 0.1) is 6.42 Å². The van der Waals surface area contributed by atoms with Crippen LogP contribution in [0.3, 0.4) is 0 Å². The van der Waals surface area contributed by atoms with E-state index in [2.05, 4.69) is 9.97 Å². The number of nitrogens with one attached hydrogen (secondary N) is 1. The van der Waals surface area contributed by atoms with E-state index in [0.29, 0.717) is 0 Å². The molecule has 0 amide bonds. The maximum atomic E-state index is 11.5. The molecule has 1 rings (SSSR count). The summed E-state index contributed by atoms with van der Waals surface area (Å²) in [7, 11) is 0. The first kappa shape index (κ1) is 13.3. The summed E-state index contributed by atoms with van der Waals surface area (Å²) >= 11 is 16.6. The molecule has 0 unspecified atom stereocenters. The number of aliphatic carboxylic acids is 1. The Morgan fingerprint density at radius 3 is 2.44 bits per heavy atom. The number of H-pyrrole nitrogens is 1. The molecule has 1 aromatic rings. The van der Waals surface area contributed by atoms with E-state index in [9.17, 15) is 9.59 Å². The zero-order valence-corrected chi connectivity index (χ0v) is 10.3. The Kier molecular flexibility index (Phi) is 3.83. The summed E-state index contributed by atoms with van der Waals surface area (Å²) in [6.45, 7) is 1.48. The number of aromatic nitrogens is 2. The third-order valence-electron chi connectivity index (χ3n) is 1.82. The molecule has 88 valence electrons. The number of aryl methyl sites for hydroxylation is 1.